The molecule has 0 saturated carbocycles. The van der Waals surface area contributed by atoms with E-state index in [2.05, 4.69) is 27.9 Å². The summed E-state index contributed by atoms with van der Waals surface area (Å²) < 4.78 is 2.10. The number of nitrogens with one attached hydrogen (secondary N) is 1. The number of aromatic hydroxyl groups is 1. The molecule has 0 amide bonds. The molecule has 0 radical (unpaired) electrons. The maximum atomic E-state index is 9.60. The van der Waals surface area contributed by atoms with Gasteiger partial charge in [-0.1, -0.05) is 6.07 Å². The third kappa shape index (κ3) is 2.85. The van der Waals surface area contributed by atoms with Gasteiger partial charge in [-0.2, -0.15) is 0 Å². The van der Waals surface area contributed by atoms with E-state index in [-0.39, 0.29) is 0 Å². The van der Waals surface area contributed by atoms with Crippen molar-refractivity contribution in [2.75, 3.05) is 0 Å². The number of hydrogen-bond acceptors (Lipinski definition) is 3. The van der Waals surface area contributed by atoms with Crippen molar-refractivity contribution in [3.63, 3.8) is 0 Å². The van der Waals surface area contributed by atoms with Crippen molar-refractivity contribution in [3.05, 3.63) is 48.0 Å². The van der Waals surface area contributed by atoms with Crippen LogP contribution in [0.5, 0.6) is 5.75 Å². The minimum Gasteiger partial charge on any atom is -0.508 e. The molecule has 4 nitrogen and oxygen atoms in total. The van der Waals surface area contributed by atoms with Gasteiger partial charge < -0.3 is 15.0 Å². The predicted octanol–water partition coefficient (Wildman–Crippen LogP) is 2.64. The summed E-state index contributed by atoms with van der Waals surface area (Å²) in [5.74, 6) is 0.371. The molecule has 2 atom stereocenters. The Morgan fingerprint density at radius 2 is 2.40 bits per heavy atom. The van der Waals surface area contributed by atoms with E-state index < -0.39 is 0 Å². The van der Waals surface area contributed by atoms with Crippen LogP contribution in [0.4, 0.5) is 0 Å². The SMILES string of the molecule is CC(Cn1ccnc1)NC1CCCc2cc(O)ccc21. The quantitative estimate of drug-likeness (QED) is 0.899. The smallest absolute Gasteiger partial charge is 0.115 e. The molecule has 1 aromatic carbocycles. The van der Waals surface area contributed by atoms with E-state index in [0.717, 1.165) is 19.4 Å². The highest BCUT2D eigenvalue weighted by molar-refractivity contribution is 5.38. The Morgan fingerprint density at radius 1 is 1.50 bits per heavy atom. The van der Waals surface area contributed by atoms with E-state index >= 15 is 0 Å². The summed E-state index contributed by atoms with van der Waals surface area (Å²) in [4.78, 5) is 4.08. The predicted molar refractivity (Wildman–Crippen MR) is 78.6 cm³/mol. The normalized spacial score (nSPS) is 19.6. The van der Waals surface area contributed by atoms with Crippen molar-refractivity contribution >= 4 is 0 Å². The minimum absolute atomic E-state index is 0.371. The topological polar surface area (TPSA) is 50.1 Å². The van der Waals surface area contributed by atoms with Gasteiger partial charge in [-0.05, 0) is 49.4 Å². The zero-order valence-electron chi connectivity index (χ0n) is 11.8. The summed E-state index contributed by atoms with van der Waals surface area (Å²) in [6.07, 6.45) is 9.05. The number of aryl methyl sites for hydroxylation is 1. The molecule has 1 aliphatic rings. The average Bonchev–Trinajstić information content (AvgIpc) is 2.91. The van der Waals surface area contributed by atoms with Gasteiger partial charge in [-0.25, -0.2) is 4.98 Å². The zero-order valence-corrected chi connectivity index (χ0v) is 11.8. The van der Waals surface area contributed by atoms with Gasteiger partial charge in [0.25, 0.3) is 0 Å². The maximum Gasteiger partial charge on any atom is 0.115 e. The van der Waals surface area contributed by atoms with E-state index in [0.29, 0.717) is 17.8 Å². The van der Waals surface area contributed by atoms with Crippen molar-refractivity contribution in [1.29, 1.82) is 0 Å². The molecule has 0 saturated heterocycles. The molecule has 20 heavy (non-hydrogen) atoms. The van der Waals surface area contributed by atoms with Crippen LogP contribution in [0.25, 0.3) is 0 Å². The Bertz CT molecular complexity index is 565. The van der Waals surface area contributed by atoms with Gasteiger partial charge in [-0.3, -0.25) is 0 Å². The highest BCUT2D eigenvalue weighted by Crippen LogP contribution is 2.32. The van der Waals surface area contributed by atoms with E-state index in [9.17, 15) is 5.11 Å². The second kappa shape index (κ2) is 5.67. The molecule has 1 aromatic heterocycles. The number of benzene rings is 1. The third-order valence-corrected chi connectivity index (χ3v) is 3.97. The largest absolute Gasteiger partial charge is 0.508 e. The molecule has 2 N–H and O–H groups in total. The standard InChI is InChI=1S/C16H21N3O/c1-12(10-19-8-7-17-11-19)18-16-4-2-3-13-9-14(20)5-6-15(13)16/h5-9,11-12,16,18,20H,2-4,10H2,1H3. The highest BCUT2D eigenvalue weighted by Gasteiger charge is 2.21. The molecular weight excluding hydrogens is 250 g/mol. The molecule has 106 valence electrons. The van der Waals surface area contributed by atoms with Crippen LogP contribution < -0.4 is 5.32 Å². The van der Waals surface area contributed by atoms with Gasteiger partial charge in [0.2, 0.25) is 0 Å². The molecule has 3 rings (SSSR count). The lowest BCUT2D eigenvalue weighted by molar-refractivity contribution is 0.379. The number of aromatic nitrogens is 2. The van der Waals surface area contributed by atoms with Crippen LogP contribution in [0.15, 0.2) is 36.9 Å². The fourth-order valence-corrected chi connectivity index (χ4v) is 3.08. The van der Waals surface area contributed by atoms with Crippen molar-refractivity contribution in [3.8, 4) is 5.75 Å². The van der Waals surface area contributed by atoms with Crippen LogP contribution in [-0.4, -0.2) is 20.7 Å². The van der Waals surface area contributed by atoms with Crippen molar-refractivity contribution < 1.29 is 5.11 Å². The highest BCUT2D eigenvalue weighted by atomic mass is 16.3. The van der Waals surface area contributed by atoms with E-state index in [4.69, 9.17) is 0 Å². The molecule has 0 spiro atoms. The number of nitrogens with zero attached hydrogens (tertiary/aromatic N) is 2. The Morgan fingerprint density at radius 3 is 3.20 bits per heavy atom. The fourth-order valence-electron chi connectivity index (χ4n) is 3.08. The van der Waals surface area contributed by atoms with Crippen LogP contribution in [0.1, 0.15) is 36.9 Å². The molecular formula is C16H21N3O. The summed E-state index contributed by atoms with van der Waals surface area (Å²) in [5, 5.41) is 13.3. The van der Waals surface area contributed by atoms with Crippen molar-refractivity contribution in [1.82, 2.24) is 14.9 Å². The van der Waals surface area contributed by atoms with Crippen molar-refractivity contribution in [2.45, 2.75) is 44.8 Å². The summed E-state index contributed by atoms with van der Waals surface area (Å²) in [6.45, 7) is 3.12. The lowest BCUT2D eigenvalue weighted by atomic mass is 9.87. The second-order valence-corrected chi connectivity index (χ2v) is 5.66. The number of hydrogen-bond donors (Lipinski definition) is 2. The fraction of sp³-hybridized carbons (Fsp3) is 0.438. The Balaban J connectivity index is 1.69. The summed E-state index contributed by atoms with van der Waals surface area (Å²) in [6, 6.07) is 6.53. The summed E-state index contributed by atoms with van der Waals surface area (Å²) in [5.41, 5.74) is 2.62. The van der Waals surface area contributed by atoms with Gasteiger partial charge in [0.15, 0.2) is 0 Å². The number of phenols is 1. The molecule has 0 aliphatic heterocycles. The molecule has 0 fully saturated rings. The van der Waals surface area contributed by atoms with Crippen LogP contribution >= 0.6 is 0 Å². The zero-order chi connectivity index (χ0) is 13.9. The second-order valence-electron chi connectivity index (χ2n) is 5.66. The van der Waals surface area contributed by atoms with Gasteiger partial charge in [0, 0.05) is 31.0 Å². The van der Waals surface area contributed by atoms with E-state index in [1.807, 2.05) is 24.8 Å². The average molecular weight is 271 g/mol. The Labute approximate surface area is 119 Å². The first kappa shape index (κ1) is 13.2. The van der Waals surface area contributed by atoms with E-state index in [1.165, 1.54) is 17.5 Å². The number of fused-ring (bicyclic) bond motifs is 1. The number of rotatable bonds is 4. The van der Waals surface area contributed by atoms with Crippen LogP contribution in [0.2, 0.25) is 0 Å². The van der Waals surface area contributed by atoms with Crippen LogP contribution in [0, 0.1) is 0 Å². The summed E-state index contributed by atoms with van der Waals surface area (Å²) in [7, 11) is 0. The number of phenolic OH excluding ortho intramolecular Hbond substituents is 1. The molecule has 2 unspecified atom stereocenters. The third-order valence-electron chi connectivity index (χ3n) is 3.97. The monoisotopic (exact) mass is 271 g/mol. The lowest BCUT2D eigenvalue weighted by Gasteiger charge is -2.29. The van der Waals surface area contributed by atoms with Gasteiger partial charge >= 0.3 is 0 Å². The lowest BCUT2D eigenvalue weighted by Crippen LogP contribution is -2.35. The Kier molecular flexibility index (Phi) is 3.74. The molecule has 0 bridgehead atoms. The molecule has 4 heteroatoms. The number of imidazole rings is 1. The first-order chi connectivity index (χ1) is 9.72. The summed E-state index contributed by atoms with van der Waals surface area (Å²) >= 11 is 0. The van der Waals surface area contributed by atoms with E-state index in [1.54, 1.807) is 6.07 Å². The van der Waals surface area contributed by atoms with Crippen LogP contribution in [0.3, 0.4) is 0 Å². The van der Waals surface area contributed by atoms with Gasteiger partial charge in [0.1, 0.15) is 5.75 Å². The molecule has 1 heterocycles. The minimum atomic E-state index is 0.371. The Hall–Kier alpha value is -1.81. The van der Waals surface area contributed by atoms with Crippen molar-refractivity contribution in [2.24, 2.45) is 0 Å². The first-order valence-corrected chi connectivity index (χ1v) is 7.26. The maximum absolute atomic E-state index is 9.60. The van der Waals surface area contributed by atoms with Gasteiger partial charge in [0.05, 0.1) is 6.33 Å². The van der Waals surface area contributed by atoms with Crippen LogP contribution in [-0.2, 0) is 13.0 Å². The first-order valence-electron chi connectivity index (χ1n) is 7.26. The molecule has 1 aliphatic carbocycles. The molecule has 2 aromatic rings. The van der Waals surface area contributed by atoms with Gasteiger partial charge in [-0.15, -0.1) is 0 Å².